The number of rotatable bonds is 4. The van der Waals surface area contributed by atoms with Gasteiger partial charge in [-0.2, -0.15) is 0 Å². The molecule has 2 heterocycles. The van der Waals surface area contributed by atoms with Gasteiger partial charge in [0.15, 0.2) is 0 Å². The van der Waals surface area contributed by atoms with E-state index in [4.69, 9.17) is 0 Å². The lowest BCUT2D eigenvalue weighted by molar-refractivity contribution is -0.116. The van der Waals surface area contributed by atoms with E-state index in [9.17, 15) is 9.59 Å². The predicted molar refractivity (Wildman–Crippen MR) is 119 cm³/mol. The van der Waals surface area contributed by atoms with Crippen LogP contribution in [-0.2, 0) is 11.2 Å². The Morgan fingerprint density at radius 2 is 1.52 bits per heavy atom. The number of benzene rings is 2. The molecule has 29 heavy (non-hydrogen) atoms. The number of anilines is 1. The Morgan fingerprint density at radius 3 is 2.34 bits per heavy atom. The average Bonchev–Trinajstić information content (AvgIpc) is 3.16. The quantitative estimate of drug-likeness (QED) is 0.684. The molecule has 152 valence electrons. The van der Waals surface area contributed by atoms with Crippen molar-refractivity contribution in [3.8, 4) is 0 Å². The van der Waals surface area contributed by atoms with Gasteiger partial charge in [-0.05, 0) is 43.0 Å². The van der Waals surface area contributed by atoms with Crippen molar-refractivity contribution in [3.63, 3.8) is 0 Å². The summed E-state index contributed by atoms with van der Waals surface area (Å²) < 4.78 is 0. The lowest BCUT2D eigenvalue weighted by Gasteiger charge is -2.25. The fourth-order valence-electron chi connectivity index (χ4n) is 4.20. The maximum Gasteiger partial charge on any atom is 0.254 e. The van der Waals surface area contributed by atoms with E-state index in [1.165, 1.54) is 36.6 Å². The second kappa shape index (κ2) is 9.49. The Morgan fingerprint density at radius 1 is 0.828 bits per heavy atom. The minimum Gasteiger partial charge on any atom is -0.339 e. The van der Waals surface area contributed by atoms with Crippen LogP contribution in [-0.4, -0.2) is 42.1 Å². The number of para-hydroxylation sites is 1. The minimum absolute atomic E-state index is 0.105. The van der Waals surface area contributed by atoms with E-state index in [2.05, 4.69) is 6.07 Å². The summed E-state index contributed by atoms with van der Waals surface area (Å²) in [5, 5.41) is 0. The molecular formula is C24H28N2O2S. The summed E-state index contributed by atoms with van der Waals surface area (Å²) in [7, 11) is 0. The van der Waals surface area contributed by atoms with Crippen molar-refractivity contribution in [2.24, 2.45) is 0 Å². The SMILES string of the molecule is O=C(c1ccccc1SCC(=O)N1CCc2ccccc21)N1CCCCCCC1. The number of likely N-dealkylation sites (tertiary alicyclic amines) is 1. The van der Waals surface area contributed by atoms with Gasteiger partial charge >= 0.3 is 0 Å². The Kier molecular flexibility index (Phi) is 6.55. The third-order valence-electron chi connectivity index (χ3n) is 5.80. The monoisotopic (exact) mass is 408 g/mol. The summed E-state index contributed by atoms with van der Waals surface area (Å²) in [6, 6.07) is 15.8. The largest absolute Gasteiger partial charge is 0.339 e. The maximum atomic E-state index is 13.2. The number of amides is 2. The van der Waals surface area contributed by atoms with E-state index < -0.39 is 0 Å². The predicted octanol–water partition coefficient (Wildman–Crippen LogP) is 4.77. The Hall–Kier alpha value is -2.27. The summed E-state index contributed by atoms with van der Waals surface area (Å²) >= 11 is 1.48. The van der Waals surface area contributed by atoms with Crippen molar-refractivity contribution in [1.29, 1.82) is 0 Å². The van der Waals surface area contributed by atoms with E-state index >= 15 is 0 Å². The molecule has 0 aliphatic carbocycles. The fraction of sp³-hybridized carbons (Fsp3) is 0.417. The number of carbonyl (C=O) groups is 2. The lowest BCUT2D eigenvalue weighted by Crippen LogP contribution is -2.34. The van der Waals surface area contributed by atoms with Gasteiger partial charge in [-0.3, -0.25) is 9.59 Å². The first kappa shape index (κ1) is 20.0. The van der Waals surface area contributed by atoms with E-state index in [1.807, 2.05) is 52.3 Å². The molecule has 0 atom stereocenters. The summed E-state index contributed by atoms with van der Waals surface area (Å²) in [6.45, 7) is 2.41. The summed E-state index contributed by atoms with van der Waals surface area (Å²) in [6.07, 6.45) is 6.74. The van der Waals surface area contributed by atoms with Crippen LogP contribution in [0.25, 0.3) is 0 Å². The molecule has 2 aromatic rings. The molecule has 0 bridgehead atoms. The highest BCUT2D eigenvalue weighted by Gasteiger charge is 2.25. The number of thioether (sulfide) groups is 1. The molecule has 0 spiro atoms. The second-order valence-electron chi connectivity index (χ2n) is 7.77. The van der Waals surface area contributed by atoms with Crippen LogP contribution < -0.4 is 4.90 Å². The molecule has 5 heteroatoms. The number of hydrogen-bond acceptors (Lipinski definition) is 3. The molecule has 2 aliphatic rings. The van der Waals surface area contributed by atoms with E-state index in [-0.39, 0.29) is 11.8 Å². The standard InChI is InChI=1S/C24H28N2O2S/c27-23(26-17-14-19-10-4-6-12-21(19)26)18-29-22-13-7-5-11-20(22)24(28)25-15-8-2-1-3-9-16-25/h4-7,10-13H,1-3,8-9,14-18H2. The van der Waals surface area contributed by atoms with Crippen LogP contribution in [0.3, 0.4) is 0 Å². The smallest absolute Gasteiger partial charge is 0.254 e. The van der Waals surface area contributed by atoms with E-state index in [1.54, 1.807) is 0 Å². The molecule has 4 nitrogen and oxygen atoms in total. The number of hydrogen-bond donors (Lipinski definition) is 0. The first-order chi connectivity index (χ1) is 14.2. The maximum absolute atomic E-state index is 13.2. The molecule has 2 aliphatic heterocycles. The summed E-state index contributed by atoms with van der Waals surface area (Å²) in [4.78, 5) is 30.8. The highest BCUT2D eigenvalue weighted by atomic mass is 32.2. The molecule has 2 amide bonds. The number of nitrogens with zero attached hydrogens (tertiary/aromatic N) is 2. The number of carbonyl (C=O) groups excluding carboxylic acids is 2. The normalized spacial score (nSPS) is 16.8. The van der Waals surface area contributed by atoms with Crippen molar-refractivity contribution in [2.45, 2.75) is 43.4 Å². The molecular weight excluding hydrogens is 380 g/mol. The van der Waals surface area contributed by atoms with Gasteiger partial charge in [0.25, 0.3) is 5.91 Å². The average molecular weight is 409 g/mol. The van der Waals surface area contributed by atoms with Gasteiger partial charge in [0.2, 0.25) is 5.91 Å². The second-order valence-corrected chi connectivity index (χ2v) is 8.79. The summed E-state index contributed by atoms with van der Waals surface area (Å²) in [5.41, 5.74) is 2.99. The number of fused-ring (bicyclic) bond motifs is 1. The third-order valence-corrected chi connectivity index (χ3v) is 6.86. The van der Waals surface area contributed by atoms with Gasteiger partial charge in [0, 0.05) is 30.2 Å². The molecule has 1 saturated heterocycles. The van der Waals surface area contributed by atoms with Crippen molar-refractivity contribution >= 4 is 29.3 Å². The van der Waals surface area contributed by atoms with Crippen molar-refractivity contribution in [2.75, 3.05) is 30.3 Å². The molecule has 0 unspecified atom stereocenters. The van der Waals surface area contributed by atoms with E-state index in [0.717, 1.165) is 55.0 Å². The first-order valence-corrected chi connectivity index (χ1v) is 11.6. The Labute approximate surface area is 177 Å². The zero-order chi connectivity index (χ0) is 20.1. The van der Waals surface area contributed by atoms with Crippen molar-refractivity contribution in [3.05, 3.63) is 59.7 Å². The molecule has 0 saturated carbocycles. The lowest BCUT2D eigenvalue weighted by atomic mass is 10.1. The van der Waals surface area contributed by atoms with Gasteiger partial charge in [-0.15, -0.1) is 11.8 Å². The molecule has 0 aromatic heterocycles. The highest BCUT2D eigenvalue weighted by molar-refractivity contribution is 8.00. The van der Waals surface area contributed by atoms with Crippen LogP contribution in [0, 0.1) is 0 Å². The van der Waals surface area contributed by atoms with Gasteiger partial charge in [0.05, 0.1) is 11.3 Å². The van der Waals surface area contributed by atoms with Crippen LogP contribution in [0.5, 0.6) is 0 Å². The van der Waals surface area contributed by atoms with Gasteiger partial charge < -0.3 is 9.80 Å². The Bertz CT molecular complexity index is 875. The zero-order valence-corrected chi connectivity index (χ0v) is 17.6. The summed E-state index contributed by atoms with van der Waals surface area (Å²) in [5.74, 6) is 0.556. The van der Waals surface area contributed by atoms with Gasteiger partial charge in [0.1, 0.15) is 0 Å². The molecule has 2 aromatic carbocycles. The Balaban J connectivity index is 1.43. The van der Waals surface area contributed by atoms with Crippen LogP contribution in [0.4, 0.5) is 5.69 Å². The third kappa shape index (κ3) is 4.67. The van der Waals surface area contributed by atoms with Crippen molar-refractivity contribution < 1.29 is 9.59 Å². The highest BCUT2D eigenvalue weighted by Crippen LogP contribution is 2.30. The van der Waals surface area contributed by atoms with Crippen LogP contribution in [0.2, 0.25) is 0 Å². The van der Waals surface area contributed by atoms with Crippen LogP contribution >= 0.6 is 11.8 Å². The van der Waals surface area contributed by atoms with E-state index in [0.29, 0.717) is 5.75 Å². The van der Waals surface area contributed by atoms with Gasteiger partial charge in [-0.1, -0.05) is 49.6 Å². The zero-order valence-electron chi connectivity index (χ0n) is 16.8. The topological polar surface area (TPSA) is 40.6 Å². The molecule has 0 radical (unpaired) electrons. The molecule has 0 N–H and O–H groups in total. The first-order valence-electron chi connectivity index (χ1n) is 10.6. The van der Waals surface area contributed by atoms with Gasteiger partial charge in [-0.25, -0.2) is 0 Å². The van der Waals surface area contributed by atoms with Crippen LogP contribution in [0.15, 0.2) is 53.4 Å². The minimum atomic E-state index is 0.105. The van der Waals surface area contributed by atoms with Crippen LogP contribution in [0.1, 0.15) is 48.0 Å². The fourth-order valence-corrected chi connectivity index (χ4v) is 5.13. The molecule has 1 fully saturated rings. The van der Waals surface area contributed by atoms with Crippen molar-refractivity contribution in [1.82, 2.24) is 4.90 Å². The molecule has 4 rings (SSSR count).